The zero-order chi connectivity index (χ0) is 38.4. The number of nitrogens with one attached hydrogen (secondary N) is 3. The highest BCUT2D eigenvalue weighted by Crippen LogP contribution is 2.17. The first kappa shape index (κ1) is 47.9. The molecule has 308 valence electrons. The van der Waals surface area contributed by atoms with E-state index in [1.165, 1.54) is 30.3 Å². The number of aromatic amines is 2. The molecule has 2 atom stereocenters. The summed E-state index contributed by atoms with van der Waals surface area (Å²) in [5.74, 6) is -0.163. The standard InChI is InChI=1S/C21H27FN4O4.C16H19FN4O2.ClH.2H2S/c1-13-12-25(20(29)30-21(2,3)4)9-10-26(13)18(27)8-7-17-23-16-6-5-14(22)11-15(16)19(28)24-17;1-10-9-18-6-7-21(10)15(22)5-4-14-19-13-3-2-11(17)8-12(13)16(23)20-14;;;/h5-6,11,13H,7-10,12H2,1-4H3,(H,23,24,28);2-3,8,10,18H,4-7,9H2,1H3,(H,19,20,23);1H;2*1H2/t13-;10-;;;/m00.../s1. The largest absolute Gasteiger partial charge is 0.444 e. The molecule has 0 unspecified atom stereocenters. The number of H-pyrrole nitrogens is 2. The Morgan fingerprint density at radius 1 is 0.786 bits per heavy atom. The summed E-state index contributed by atoms with van der Waals surface area (Å²) in [6, 6.07) is 7.77. The second kappa shape index (κ2) is 20.8. The predicted octanol–water partition coefficient (Wildman–Crippen LogP) is 3.93. The third kappa shape index (κ3) is 12.6. The van der Waals surface area contributed by atoms with Gasteiger partial charge < -0.3 is 34.7 Å². The molecule has 0 aliphatic carbocycles. The fraction of sp³-hybridized carbons (Fsp3) is 0.486. The summed E-state index contributed by atoms with van der Waals surface area (Å²) in [7, 11) is 0. The van der Waals surface area contributed by atoms with E-state index in [4.69, 9.17) is 4.74 Å². The highest BCUT2D eigenvalue weighted by Gasteiger charge is 2.32. The molecule has 6 rings (SSSR count). The monoisotopic (exact) mass is 840 g/mol. The van der Waals surface area contributed by atoms with Crippen molar-refractivity contribution in [1.29, 1.82) is 0 Å². The number of carbonyl (C=O) groups is 3. The summed E-state index contributed by atoms with van der Waals surface area (Å²) >= 11 is 0. The second-order valence-electron chi connectivity index (χ2n) is 14.4. The normalized spacial score (nSPS) is 16.8. The first-order valence-electron chi connectivity index (χ1n) is 17.7. The van der Waals surface area contributed by atoms with Crippen molar-refractivity contribution >= 4 is 79.1 Å². The number of rotatable bonds is 6. The van der Waals surface area contributed by atoms with Crippen molar-refractivity contribution in [2.24, 2.45) is 0 Å². The Balaban J connectivity index is 0.000000378. The fourth-order valence-electron chi connectivity index (χ4n) is 6.33. The van der Waals surface area contributed by atoms with E-state index in [-0.39, 0.29) is 98.6 Å². The smallest absolute Gasteiger partial charge is 0.410 e. The van der Waals surface area contributed by atoms with Crippen molar-refractivity contribution in [2.45, 2.75) is 78.0 Å². The Bertz CT molecular complexity index is 2120. The van der Waals surface area contributed by atoms with Gasteiger partial charge in [0.25, 0.3) is 11.1 Å². The molecule has 0 bridgehead atoms. The number of fused-ring (bicyclic) bond motifs is 2. The maximum Gasteiger partial charge on any atom is 0.410 e. The van der Waals surface area contributed by atoms with Crippen molar-refractivity contribution < 1.29 is 27.9 Å². The first-order chi connectivity index (χ1) is 25.1. The van der Waals surface area contributed by atoms with Gasteiger partial charge in [-0.25, -0.2) is 23.5 Å². The van der Waals surface area contributed by atoms with E-state index in [1.54, 1.807) is 9.80 Å². The molecule has 3 amide bonds. The van der Waals surface area contributed by atoms with Crippen LogP contribution in [-0.2, 0) is 27.2 Å². The van der Waals surface area contributed by atoms with Crippen molar-refractivity contribution in [1.82, 2.24) is 40.0 Å². The van der Waals surface area contributed by atoms with Crippen LogP contribution in [0, 0.1) is 11.6 Å². The van der Waals surface area contributed by atoms with Crippen molar-refractivity contribution in [3.8, 4) is 0 Å². The van der Waals surface area contributed by atoms with Crippen LogP contribution in [0.15, 0.2) is 46.0 Å². The van der Waals surface area contributed by atoms with E-state index in [0.29, 0.717) is 61.7 Å². The lowest BCUT2D eigenvalue weighted by molar-refractivity contribution is -0.135. The summed E-state index contributed by atoms with van der Waals surface area (Å²) in [4.78, 5) is 80.4. The lowest BCUT2D eigenvalue weighted by Gasteiger charge is -2.40. The molecule has 2 saturated heterocycles. The van der Waals surface area contributed by atoms with Crippen LogP contribution in [0.4, 0.5) is 13.6 Å². The van der Waals surface area contributed by atoms with E-state index in [0.717, 1.165) is 19.2 Å². The van der Waals surface area contributed by atoms with Gasteiger partial charge >= 0.3 is 6.09 Å². The number of halogens is 3. The Hall–Kier alpha value is -4.26. The van der Waals surface area contributed by atoms with Gasteiger partial charge in [-0.1, -0.05) is 0 Å². The molecule has 3 N–H and O–H groups in total. The third-order valence-electron chi connectivity index (χ3n) is 9.01. The molecule has 0 saturated carbocycles. The van der Waals surface area contributed by atoms with Gasteiger partial charge in [-0.3, -0.25) is 19.2 Å². The summed E-state index contributed by atoms with van der Waals surface area (Å²) in [6.07, 6.45) is 0.709. The number of ether oxygens (including phenoxy) is 1. The van der Waals surface area contributed by atoms with Crippen molar-refractivity contribution in [2.75, 3.05) is 39.3 Å². The van der Waals surface area contributed by atoms with E-state index >= 15 is 0 Å². The molecule has 2 aliphatic rings. The molecule has 0 spiro atoms. The molecule has 2 fully saturated rings. The van der Waals surface area contributed by atoms with Gasteiger partial charge in [0.05, 0.1) is 21.8 Å². The first-order valence-corrected chi connectivity index (χ1v) is 17.7. The fourth-order valence-corrected chi connectivity index (χ4v) is 6.33. The summed E-state index contributed by atoms with van der Waals surface area (Å²) in [5.41, 5.74) is -0.549. The number of aromatic nitrogens is 4. The van der Waals surface area contributed by atoms with Crippen molar-refractivity contribution in [3.05, 3.63) is 80.4 Å². The molecule has 4 heterocycles. The van der Waals surface area contributed by atoms with E-state index in [1.807, 2.05) is 39.5 Å². The Morgan fingerprint density at radius 2 is 1.27 bits per heavy atom. The SMILES string of the molecule is C[C@H]1CN(C(=O)OC(C)(C)C)CCN1C(=O)CCc1nc2ccc(F)cc2c(=O)[nH]1.C[C@H]1CNCCN1C(=O)CCc1nc2ccc(F)cc2c(=O)[nH]1.Cl.S.S. The molecule has 2 aliphatic heterocycles. The number of amides is 3. The van der Waals surface area contributed by atoms with Crippen LogP contribution in [0.1, 0.15) is 59.1 Å². The predicted molar refractivity (Wildman–Crippen MR) is 222 cm³/mol. The van der Waals surface area contributed by atoms with Gasteiger partial charge in [-0.05, 0) is 71.0 Å². The van der Waals surface area contributed by atoms with Crippen LogP contribution in [0.25, 0.3) is 21.8 Å². The Morgan fingerprint density at radius 3 is 1.71 bits per heavy atom. The number of benzene rings is 2. The van der Waals surface area contributed by atoms with Gasteiger partial charge in [0.1, 0.15) is 28.9 Å². The van der Waals surface area contributed by atoms with Crippen LogP contribution in [0.2, 0.25) is 0 Å². The number of piperazine rings is 2. The Kier molecular flexibility index (Phi) is 17.8. The number of aryl methyl sites for hydroxylation is 2. The number of hydrogen-bond acceptors (Lipinski definition) is 9. The van der Waals surface area contributed by atoms with E-state index in [9.17, 15) is 32.8 Å². The summed E-state index contributed by atoms with van der Waals surface area (Å²) < 4.78 is 31.9. The number of carbonyl (C=O) groups excluding carboxylic acids is 3. The molecule has 56 heavy (non-hydrogen) atoms. The minimum Gasteiger partial charge on any atom is -0.444 e. The van der Waals surface area contributed by atoms with Crippen LogP contribution < -0.4 is 16.4 Å². The lowest BCUT2D eigenvalue weighted by Crippen LogP contribution is -2.56. The highest BCUT2D eigenvalue weighted by molar-refractivity contribution is 7.59. The molecule has 0 radical (unpaired) electrons. The molecule has 4 aromatic rings. The summed E-state index contributed by atoms with van der Waals surface area (Å²) in [6.45, 7) is 12.9. The van der Waals surface area contributed by atoms with Gasteiger partial charge in [-0.2, -0.15) is 27.0 Å². The lowest BCUT2D eigenvalue weighted by atomic mass is 10.1. The third-order valence-corrected chi connectivity index (χ3v) is 9.01. The maximum absolute atomic E-state index is 13.3. The second-order valence-corrected chi connectivity index (χ2v) is 14.4. The number of hydrogen-bond donors (Lipinski definition) is 3. The van der Waals surface area contributed by atoms with Crippen molar-refractivity contribution in [3.63, 3.8) is 0 Å². The van der Waals surface area contributed by atoms with Gasteiger partial charge in [0.2, 0.25) is 11.8 Å². The molecule has 2 aromatic carbocycles. The van der Waals surface area contributed by atoms with Gasteiger partial charge in [-0.15, -0.1) is 12.4 Å². The van der Waals surface area contributed by atoms with Gasteiger partial charge in [0, 0.05) is 77.0 Å². The number of nitrogens with zero attached hydrogens (tertiary/aromatic N) is 5. The molecule has 19 heteroatoms. The maximum atomic E-state index is 13.3. The minimum absolute atomic E-state index is 0. The average molecular weight is 841 g/mol. The average Bonchev–Trinajstić information content (AvgIpc) is 3.10. The molecule has 14 nitrogen and oxygen atoms in total. The molecule has 2 aromatic heterocycles. The van der Waals surface area contributed by atoms with Crippen LogP contribution in [-0.4, -0.2) is 109 Å². The van der Waals surface area contributed by atoms with Crippen LogP contribution in [0.5, 0.6) is 0 Å². The highest BCUT2D eigenvalue weighted by atomic mass is 35.5. The minimum atomic E-state index is -0.567. The van der Waals surface area contributed by atoms with Gasteiger partial charge in [0.15, 0.2) is 0 Å². The van der Waals surface area contributed by atoms with E-state index in [2.05, 4.69) is 25.3 Å². The Labute approximate surface area is 343 Å². The molecular weight excluding hydrogens is 790 g/mol. The molecular formula is C37H51ClF2N8O6S2. The van der Waals surface area contributed by atoms with E-state index < -0.39 is 22.8 Å². The zero-order valence-electron chi connectivity index (χ0n) is 32.0. The van der Waals surface area contributed by atoms with Crippen LogP contribution >= 0.6 is 39.4 Å². The topological polar surface area (TPSA) is 174 Å². The van der Waals surface area contributed by atoms with Crippen LogP contribution in [0.3, 0.4) is 0 Å². The summed E-state index contributed by atoms with van der Waals surface area (Å²) in [5, 5.41) is 3.64. The zero-order valence-corrected chi connectivity index (χ0v) is 34.9. The quantitative estimate of drug-likeness (QED) is 0.260.